The van der Waals surface area contributed by atoms with Crippen LogP contribution >= 0.6 is 11.8 Å². The molecule has 2 heteroatoms. The third kappa shape index (κ3) is 0.439. The quantitative estimate of drug-likeness (QED) is 0.560. The van der Waals surface area contributed by atoms with E-state index in [4.69, 9.17) is 0 Å². The van der Waals surface area contributed by atoms with Gasteiger partial charge in [-0.3, -0.25) is 4.99 Å². The van der Waals surface area contributed by atoms with Crippen molar-refractivity contribution in [1.29, 1.82) is 0 Å². The smallest absolute Gasteiger partial charge is 0.0744 e. The Bertz CT molecular complexity index is 225. The van der Waals surface area contributed by atoms with E-state index < -0.39 is 0 Å². The van der Waals surface area contributed by atoms with Gasteiger partial charge >= 0.3 is 0 Å². The topological polar surface area (TPSA) is 12.4 Å². The van der Waals surface area contributed by atoms with Crippen LogP contribution in [-0.2, 0) is 0 Å². The Balaban J connectivity index is 1.91. The first-order valence-corrected chi connectivity index (χ1v) is 4.93. The van der Waals surface area contributed by atoms with Crippen molar-refractivity contribution in [2.24, 2.45) is 15.8 Å². The fourth-order valence-corrected chi connectivity index (χ4v) is 3.45. The second-order valence-corrected chi connectivity index (χ2v) is 5.12. The van der Waals surface area contributed by atoms with Crippen molar-refractivity contribution in [3.05, 3.63) is 0 Å². The van der Waals surface area contributed by atoms with Crippen LogP contribution in [0.15, 0.2) is 4.99 Å². The summed E-state index contributed by atoms with van der Waals surface area (Å²) in [5, 5.41) is 1.50. The van der Waals surface area contributed by atoms with Crippen LogP contribution in [0, 0.1) is 10.8 Å². The molecule has 0 aromatic rings. The zero-order valence-corrected chi connectivity index (χ0v) is 7.00. The molecule has 3 aliphatic rings. The predicted molar refractivity (Wildman–Crippen MR) is 44.5 cm³/mol. The Kier molecular flexibility index (Phi) is 0.741. The van der Waals surface area contributed by atoms with Crippen LogP contribution in [0.1, 0.15) is 19.8 Å². The van der Waals surface area contributed by atoms with Gasteiger partial charge in [-0.1, -0.05) is 6.92 Å². The van der Waals surface area contributed by atoms with Gasteiger partial charge in [-0.2, -0.15) is 0 Å². The van der Waals surface area contributed by atoms with E-state index in [-0.39, 0.29) is 0 Å². The molecule has 1 aliphatic heterocycles. The van der Waals surface area contributed by atoms with Crippen LogP contribution in [0.5, 0.6) is 0 Å². The molecule has 54 valence electrons. The number of rotatable bonds is 1. The van der Waals surface area contributed by atoms with Crippen molar-refractivity contribution in [3.63, 3.8) is 0 Å². The van der Waals surface area contributed by atoms with Gasteiger partial charge in [-0.25, -0.2) is 0 Å². The molecule has 0 spiro atoms. The summed E-state index contributed by atoms with van der Waals surface area (Å²) >= 11 is 2.00. The maximum absolute atomic E-state index is 4.54. The van der Waals surface area contributed by atoms with E-state index in [1.807, 2.05) is 11.8 Å². The summed E-state index contributed by atoms with van der Waals surface area (Å²) in [6.45, 7) is 3.48. The third-order valence-electron chi connectivity index (χ3n) is 3.28. The van der Waals surface area contributed by atoms with Gasteiger partial charge < -0.3 is 0 Å². The Labute approximate surface area is 65.3 Å². The van der Waals surface area contributed by atoms with Gasteiger partial charge in [0.1, 0.15) is 0 Å². The lowest BCUT2D eigenvalue weighted by Crippen LogP contribution is -1.97. The summed E-state index contributed by atoms with van der Waals surface area (Å²) < 4.78 is 0. The molecule has 1 nitrogen and oxygen atoms in total. The lowest BCUT2D eigenvalue weighted by Gasteiger charge is -1.98. The summed E-state index contributed by atoms with van der Waals surface area (Å²) in [5.41, 5.74) is 1.37. The van der Waals surface area contributed by atoms with E-state index in [0.29, 0.717) is 5.41 Å². The molecular weight excluding hydrogens is 142 g/mol. The first-order chi connectivity index (χ1) is 4.77. The van der Waals surface area contributed by atoms with Gasteiger partial charge in [-0.15, -0.1) is 11.8 Å². The highest BCUT2D eigenvalue weighted by atomic mass is 32.2. The Morgan fingerprint density at radius 3 is 2.60 bits per heavy atom. The molecule has 0 aromatic carbocycles. The van der Waals surface area contributed by atoms with Crippen molar-refractivity contribution in [2.75, 3.05) is 12.3 Å². The van der Waals surface area contributed by atoms with Crippen molar-refractivity contribution < 1.29 is 0 Å². The van der Waals surface area contributed by atoms with Crippen LogP contribution in [-0.4, -0.2) is 17.3 Å². The average molecular weight is 153 g/mol. The first-order valence-electron chi connectivity index (χ1n) is 3.95. The summed E-state index contributed by atoms with van der Waals surface area (Å²) in [7, 11) is 0. The Morgan fingerprint density at radius 1 is 1.50 bits per heavy atom. The minimum Gasteiger partial charge on any atom is -0.281 e. The summed E-state index contributed by atoms with van der Waals surface area (Å²) in [6.07, 6.45) is 2.87. The number of hydrogen-bond acceptors (Lipinski definition) is 2. The van der Waals surface area contributed by atoms with Gasteiger partial charge in [-0.05, 0) is 18.3 Å². The molecule has 0 N–H and O–H groups in total. The Morgan fingerprint density at radius 2 is 2.20 bits per heavy atom. The van der Waals surface area contributed by atoms with Crippen molar-refractivity contribution >= 4 is 16.8 Å². The minimum absolute atomic E-state index is 0.647. The molecule has 3 rings (SSSR count). The molecule has 0 unspecified atom stereocenters. The standard InChI is InChI=1S/C8H11NS/c1-7-4-8(7,5-7)6-9-2-3-10-6/h2-5H2,1H3. The molecule has 0 saturated heterocycles. The first kappa shape index (κ1) is 5.64. The molecule has 0 atom stereocenters. The van der Waals surface area contributed by atoms with Crippen LogP contribution in [0.25, 0.3) is 0 Å². The molecule has 2 aliphatic carbocycles. The normalized spacial score (nSPS) is 55.9. The molecule has 10 heavy (non-hydrogen) atoms. The largest absolute Gasteiger partial charge is 0.281 e. The summed E-state index contributed by atoms with van der Waals surface area (Å²) in [4.78, 5) is 4.54. The molecule has 0 amide bonds. The van der Waals surface area contributed by atoms with Crippen LogP contribution in [0.2, 0.25) is 0 Å². The molecule has 2 saturated carbocycles. The number of aliphatic imine (C=N–C) groups is 1. The van der Waals surface area contributed by atoms with Crippen LogP contribution in [0.4, 0.5) is 0 Å². The molecule has 0 bridgehead atoms. The summed E-state index contributed by atoms with van der Waals surface area (Å²) in [6, 6.07) is 0. The molecular formula is C8H11NS. The average Bonchev–Trinajstić information content (AvgIpc) is 2.57. The molecule has 2 fully saturated rings. The minimum atomic E-state index is 0.647. The van der Waals surface area contributed by atoms with E-state index in [1.165, 1.54) is 23.6 Å². The van der Waals surface area contributed by atoms with Crippen molar-refractivity contribution in [2.45, 2.75) is 19.8 Å². The monoisotopic (exact) mass is 153 g/mol. The van der Waals surface area contributed by atoms with Gasteiger partial charge in [0, 0.05) is 17.7 Å². The van der Waals surface area contributed by atoms with Crippen molar-refractivity contribution in [3.8, 4) is 0 Å². The highest BCUT2D eigenvalue weighted by Gasteiger charge is 2.82. The SMILES string of the molecule is CC12CC1(C1=NCCS1)C2. The predicted octanol–water partition coefficient (Wildman–Crippen LogP) is 1.93. The lowest BCUT2D eigenvalue weighted by atomic mass is 10.2. The highest BCUT2D eigenvalue weighted by Crippen LogP contribution is 2.87. The molecule has 0 aromatic heterocycles. The zero-order valence-electron chi connectivity index (χ0n) is 6.18. The van der Waals surface area contributed by atoms with Gasteiger partial charge in [0.25, 0.3) is 0 Å². The van der Waals surface area contributed by atoms with E-state index in [2.05, 4.69) is 11.9 Å². The maximum atomic E-state index is 4.54. The number of hydrogen-bond donors (Lipinski definition) is 0. The van der Waals surface area contributed by atoms with E-state index in [0.717, 1.165) is 12.0 Å². The van der Waals surface area contributed by atoms with Crippen LogP contribution < -0.4 is 0 Å². The number of thioether (sulfide) groups is 1. The second-order valence-electron chi connectivity index (χ2n) is 4.03. The number of nitrogens with zero attached hydrogens (tertiary/aromatic N) is 1. The maximum Gasteiger partial charge on any atom is 0.0744 e. The summed E-state index contributed by atoms with van der Waals surface area (Å²) in [5.74, 6) is 1.24. The molecule has 1 heterocycles. The fourth-order valence-electron chi connectivity index (χ4n) is 2.23. The third-order valence-corrected chi connectivity index (χ3v) is 4.46. The zero-order chi connectivity index (χ0) is 6.82. The molecule has 0 radical (unpaired) electrons. The van der Waals surface area contributed by atoms with Crippen molar-refractivity contribution in [1.82, 2.24) is 0 Å². The fraction of sp³-hybridized carbons (Fsp3) is 0.875. The van der Waals surface area contributed by atoms with Crippen LogP contribution in [0.3, 0.4) is 0 Å². The van der Waals surface area contributed by atoms with E-state index in [1.54, 1.807) is 0 Å². The number of fused-ring (bicyclic) bond motifs is 1. The highest BCUT2D eigenvalue weighted by molar-refractivity contribution is 8.14. The van der Waals surface area contributed by atoms with Gasteiger partial charge in [0.05, 0.1) is 5.04 Å². The van der Waals surface area contributed by atoms with Gasteiger partial charge in [0.2, 0.25) is 0 Å². The van der Waals surface area contributed by atoms with Gasteiger partial charge in [0.15, 0.2) is 0 Å². The Hall–Kier alpha value is 0.0200. The lowest BCUT2D eigenvalue weighted by molar-refractivity contribution is 0.715. The van der Waals surface area contributed by atoms with E-state index >= 15 is 0 Å². The second kappa shape index (κ2) is 1.31. The van der Waals surface area contributed by atoms with E-state index in [9.17, 15) is 0 Å².